The van der Waals surface area contributed by atoms with E-state index in [-0.39, 0.29) is 23.4 Å². The summed E-state index contributed by atoms with van der Waals surface area (Å²) in [5, 5.41) is 3.38. The van der Waals surface area contributed by atoms with Crippen molar-refractivity contribution in [2.24, 2.45) is 0 Å². The van der Waals surface area contributed by atoms with Gasteiger partial charge in [-0.2, -0.15) is 0 Å². The molecule has 4 atom stereocenters. The first-order chi connectivity index (χ1) is 13.3. The molecule has 4 bridgehead atoms. The molecule has 6 aliphatic heterocycles. The Morgan fingerprint density at radius 3 is 1.48 bits per heavy atom. The molecular weight excluding hydrogens is 372 g/mol. The van der Waals surface area contributed by atoms with Crippen molar-refractivity contribution in [1.82, 2.24) is 20.0 Å². The van der Waals surface area contributed by atoms with Gasteiger partial charge in [-0.1, -0.05) is 0 Å². The predicted molar refractivity (Wildman–Crippen MR) is 111 cm³/mol. The molecule has 0 radical (unpaired) electrons. The molecule has 8 nitrogen and oxygen atoms in total. The number of likely N-dealkylation sites (N-methyl/N-ethyl adjacent to an activating group) is 1. The lowest BCUT2D eigenvalue weighted by molar-refractivity contribution is -0.0587. The molecule has 2 amide bonds. The van der Waals surface area contributed by atoms with Crippen molar-refractivity contribution in [1.29, 1.82) is 0 Å². The third-order valence-electron chi connectivity index (χ3n) is 5.78. The summed E-state index contributed by atoms with van der Waals surface area (Å²) in [4.78, 5) is 29.4. The molecule has 1 N–H and O–H groups in total. The maximum atomic E-state index is 11.8. The smallest absolute Gasteiger partial charge is 0.410 e. The summed E-state index contributed by atoms with van der Waals surface area (Å²) < 4.78 is 10.7. The van der Waals surface area contributed by atoms with Crippen molar-refractivity contribution < 1.29 is 19.1 Å². The fraction of sp³-hybridized carbons (Fsp3) is 0.905. The van der Waals surface area contributed by atoms with E-state index in [2.05, 4.69) is 17.3 Å². The third-order valence-corrected chi connectivity index (χ3v) is 5.78. The second-order valence-electron chi connectivity index (χ2n) is 10.8. The number of carbonyl (C=O) groups is 2. The maximum absolute atomic E-state index is 11.8. The molecule has 0 aliphatic carbocycles. The number of rotatable bonds is 0. The molecule has 0 aromatic rings. The average molecular weight is 411 g/mol. The van der Waals surface area contributed by atoms with Crippen LogP contribution in [0.3, 0.4) is 0 Å². The fourth-order valence-electron chi connectivity index (χ4n) is 4.26. The highest BCUT2D eigenvalue weighted by molar-refractivity contribution is 5.69. The summed E-state index contributed by atoms with van der Waals surface area (Å²) in [5.41, 5.74) is -0.767. The Balaban J connectivity index is 0.000000166. The van der Waals surface area contributed by atoms with E-state index in [0.29, 0.717) is 24.2 Å². The monoisotopic (exact) mass is 410 g/mol. The van der Waals surface area contributed by atoms with Crippen molar-refractivity contribution in [3.05, 3.63) is 0 Å². The zero-order valence-corrected chi connectivity index (χ0v) is 19.0. The van der Waals surface area contributed by atoms with Crippen LogP contribution in [0, 0.1) is 0 Å². The van der Waals surface area contributed by atoms with E-state index in [1.807, 2.05) is 46.4 Å². The van der Waals surface area contributed by atoms with Crippen LogP contribution in [-0.2, 0) is 9.47 Å². The molecular formula is C21H38N4O4. The van der Waals surface area contributed by atoms with Gasteiger partial charge in [-0.15, -0.1) is 0 Å². The van der Waals surface area contributed by atoms with Gasteiger partial charge in [0.1, 0.15) is 11.2 Å². The fourth-order valence-corrected chi connectivity index (χ4v) is 4.26. The Morgan fingerprint density at radius 2 is 1.14 bits per heavy atom. The molecule has 166 valence electrons. The zero-order chi connectivity index (χ0) is 21.6. The van der Waals surface area contributed by atoms with Crippen molar-refractivity contribution in [2.45, 2.75) is 89.8 Å². The van der Waals surface area contributed by atoms with Crippen LogP contribution in [0.2, 0.25) is 0 Å². The van der Waals surface area contributed by atoms with Crippen LogP contribution >= 0.6 is 0 Å². The number of piperazine rings is 2. The van der Waals surface area contributed by atoms with Gasteiger partial charge in [0.15, 0.2) is 0 Å². The molecule has 6 saturated heterocycles. The molecule has 29 heavy (non-hydrogen) atoms. The summed E-state index contributed by atoms with van der Waals surface area (Å²) in [5.74, 6) is 0. The van der Waals surface area contributed by atoms with Crippen LogP contribution in [0.1, 0.15) is 54.4 Å². The molecule has 0 aromatic carbocycles. The van der Waals surface area contributed by atoms with Gasteiger partial charge in [0.2, 0.25) is 0 Å². The number of amides is 2. The molecule has 4 unspecified atom stereocenters. The van der Waals surface area contributed by atoms with Crippen LogP contribution in [-0.4, -0.2) is 95.5 Å². The lowest BCUT2D eigenvalue weighted by atomic mass is 9.89. The SMILES string of the molecule is CC(C)(C)OC(=O)N1CC2CC(C1)N2.CN1C2CC1CN(C(=O)OC(C)(C)C)C2. The van der Waals surface area contributed by atoms with Crippen molar-refractivity contribution >= 4 is 12.2 Å². The Morgan fingerprint density at radius 1 is 0.759 bits per heavy atom. The number of fused-ring (bicyclic) bond motifs is 4. The number of hydrogen-bond acceptors (Lipinski definition) is 6. The van der Waals surface area contributed by atoms with Gasteiger partial charge in [0.25, 0.3) is 0 Å². The number of hydrogen-bond donors (Lipinski definition) is 1. The summed E-state index contributed by atoms with van der Waals surface area (Å²) >= 11 is 0. The lowest BCUT2D eigenvalue weighted by Crippen LogP contribution is -2.68. The number of ether oxygens (including phenoxy) is 2. The topological polar surface area (TPSA) is 74.4 Å². The zero-order valence-electron chi connectivity index (χ0n) is 19.0. The quantitative estimate of drug-likeness (QED) is 0.660. The summed E-state index contributed by atoms with van der Waals surface area (Å²) in [6, 6.07) is 2.11. The van der Waals surface area contributed by atoms with Crippen LogP contribution in [0.5, 0.6) is 0 Å². The van der Waals surface area contributed by atoms with E-state index in [1.54, 1.807) is 4.90 Å². The normalized spacial score (nSPS) is 31.0. The highest BCUT2D eigenvalue weighted by Crippen LogP contribution is 2.30. The number of piperidine rings is 2. The van der Waals surface area contributed by atoms with Gasteiger partial charge >= 0.3 is 12.2 Å². The van der Waals surface area contributed by atoms with Gasteiger partial charge in [-0.05, 0) is 61.4 Å². The van der Waals surface area contributed by atoms with Crippen molar-refractivity contribution in [2.75, 3.05) is 33.2 Å². The highest BCUT2D eigenvalue weighted by atomic mass is 16.6. The van der Waals surface area contributed by atoms with Crippen LogP contribution in [0.4, 0.5) is 9.59 Å². The second-order valence-corrected chi connectivity index (χ2v) is 10.8. The third kappa shape index (κ3) is 5.75. The lowest BCUT2D eigenvalue weighted by Gasteiger charge is -2.54. The van der Waals surface area contributed by atoms with E-state index in [0.717, 1.165) is 26.2 Å². The van der Waals surface area contributed by atoms with Crippen molar-refractivity contribution in [3.8, 4) is 0 Å². The van der Waals surface area contributed by atoms with Gasteiger partial charge in [0, 0.05) is 50.3 Å². The maximum Gasteiger partial charge on any atom is 0.410 e. The number of carbonyl (C=O) groups excluding carboxylic acids is 2. The van der Waals surface area contributed by atoms with Gasteiger partial charge in [-0.3, -0.25) is 4.90 Å². The molecule has 6 aliphatic rings. The Hall–Kier alpha value is -1.54. The summed E-state index contributed by atoms with van der Waals surface area (Å²) in [7, 11) is 2.13. The molecule has 0 spiro atoms. The van der Waals surface area contributed by atoms with Crippen LogP contribution in [0.25, 0.3) is 0 Å². The molecule has 0 aromatic heterocycles. The molecule has 6 fully saturated rings. The van der Waals surface area contributed by atoms with Gasteiger partial charge < -0.3 is 24.6 Å². The highest BCUT2D eigenvalue weighted by Gasteiger charge is 2.44. The number of nitrogens with zero attached hydrogens (tertiary/aromatic N) is 3. The summed E-state index contributed by atoms with van der Waals surface area (Å²) in [6.45, 7) is 14.6. The predicted octanol–water partition coefficient (Wildman–Crippen LogP) is 2.28. The van der Waals surface area contributed by atoms with E-state index < -0.39 is 0 Å². The molecule has 6 rings (SSSR count). The van der Waals surface area contributed by atoms with E-state index in [9.17, 15) is 9.59 Å². The van der Waals surface area contributed by atoms with E-state index >= 15 is 0 Å². The van der Waals surface area contributed by atoms with E-state index in [4.69, 9.17) is 9.47 Å². The standard InChI is InChI=1S/C11H20N2O2.C10H18N2O2/c1-11(2,3)15-10(14)13-6-8-5-9(7-13)12(8)4;1-10(2,3)14-9(13)12-5-7-4-8(6-12)11-7/h8-9H,5-7H2,1-4H3;7-8,11H,4-6H2,1-3H3. The van der Waals surface area contributed by atoms with Gasteiger partial charge in [0.05, 0.1) is 0 Å². The molecule has 0 saturated carbocycles. The summed E-state index contributed by atoms with van der Waals surface area (Å²) in [6.07, 6.45) is 2.11. The number of nitrogens with one attached hydrogen (secondary N) is 1. The minimum absolute atomic E-state index is 0.162. The first-order valence-electron chi connectivity index (χ1n) is 10.7. The Labute approximate surface area is 174 Å². The Bertz CT molecular complexity index is 599. The van der Waals surface area contributed by atoms with Gasteiger partial charge in [-0.25, -0.2) is 9.59 Å². The van der Waals surface area contributed by atoms with Crippen LogP contribution < -0.4 is 5.32 Å². The second kappa shape index (κ2) is 7.95. The minimum atomic E-state index is -0.384. The molecule has 6 heterocycles. The first kappa shape index (κ1) is 22.2. The van der Waals surface area contributed by atoms with E-state index in [1.165, 1.54) is 12.8 Å². The molecule has 8 heteroatoms. The van der Waals surface area contributed by atoms with Crippen LogP contribution in [0.15, 0.2) is 0 Å². The average Bonchev–Trinajstić information content (AvgIpc) is 2.58. The Kier molecular flexibility index (Phi) is 6.07. The van der Waals surface area contributed by atoms with Crippen molar-refractivity contribution in [3.63, 3.8) is 0 Å². The first-order valence-corrected chi connectivity index (χ1v) is 10.7. The minimum Gasteiger partial charge on any atom is -0.444 e. The largest absolute Gasteiger partial charge is 0.444 e.